The summed E-state index contributed by atoms with van der Waals surface area (Å²) >= 11 is 4.43. The van der Waals surface area contributed by atoms with Crippen LogP contribution in [0.15, 0.2) is 27.2 Å². The lowest BCUT2D eigenvalue weighted by atomic mass is 10.3. The largest absolute Gasteiger partial charge is 0.466 e. The van der Waals surface area contributed by atoms with E-state index in [1.807, 2.05) is 29.8 Å². The van der Waals surface area contributed by atoms with Crippen molar-refractivity contribution in [1.82, 2.24) is 10.3 Å². The molecule has 0 radical (unpaired) electrons. The van der Waals surface area contributed by atoms with Crippen molar-refractivity contribution in [2.75, 3.05) is 12.4 Å². The molecule has 0 aliphatic rings. The van der Waals surface area contributed by atoms with Gasteiger partial charge in [-0.05, 0) is 25.3 Å². The van der Waals surface area contributed by atoms with Crippen LogP contribution in [0.3, 0.4) is 0 Å². The van der Waals surface area contributed by atoms with Crippen molar-refractivity contribution in [2.24, 2.45) is 0 Å². The molecule has 124 valence electrons. The van der Waals surface area contributed by atoms with Gasteiger partial charge < -0.3 is 10.1 Å². The summed E-state index contributed by atoms with van der Waals surface area (Å²) in [5.41, 5.74) is 0.684. The van der Waals surface area contributed by atoms with Crippen LogP contribution in [0.25, 0.3) is 0 Å². The Hall–Kier alpha value is -1.38. The van der Waals surface area contributed by atoms with Gasteiger partial charge >= 0.3 is 5.97 Å². The van der Waals surface area contributed by atoms with Crippen LogP contribution in [-0.2, 0) is 20.7 Å². The van der Waals surface area contributed by atoms with Crippen molar-refractivity contribution in [3.8, 4) is 0 Å². The van der Waals surface area contributed by atoms with Crippen LogP contribution in [0.2, 0.25) is 0 Å². The molecule has 2 heterocycles. The van der Waals surface area contributed by atoms with E-state index in [0.717, 1.165) is 9.22 Å². The van der Waals surface area contributed by atoms with Crippen LogP contribution in [0.5, 0.6) is 0 Å². The molecule has 0 bridgehead atoms. The van der Waals surface area contributed by atoms with Crippen molar-refractivity contribution in [1.29, 1.82) is 0 Å². The number of nitrogens with one attached hydrogen (secondary N) is 1. The maximum absolute atomic E-state index is 12.0. The first-order valence-corrected chi connectivity index (χ1v) is 9.88. The topological polar surface area (TPSA) is 68.3 Å². The summed E-state index contributed by atoms with van der Waals surface area (Å²) in [5.74, 6) is -0.00266. The van der Waals surface area contributed by atoms with Crippen LogP contribution in [-0.4, -0.2) is 29.2 Å². The number of carbonyl (C=O) groups is 2. The van der Waals surface area contributed by atoms with Crippen LogP contribution in [0.4, 0.5) is 0 Å². The molecule has 1 amide bonds. The number of thiazole rings is 1. The van der Waals surface area contributed by atoms with E-state index in [0.29, 0.717) is 18.1 Å². The van der Waals surface area contributed by atoms with Gasteiger partial charge in [0.05, 0.1) is 30.5 Å². The van der Waals surface area contributed by atoms with Gasteiger partial charge in [-0.2, -0.15) is 0 Å². The minimum absolute atomic E-state index is 0.0127. The third-order valence-corrected chi connectivity index (χ3v) is 5.96. The molecule has 0 fully saturated rings. The van der Waals surface area contributed by atoms with E-state index >= 15 is 0 Å². The maximum atomic E-state index is 12.0. The number of hydrogen-bond donors (Lipinski definition) is 1. The summed E-state index contributed by atoms with van der Waals surface area (Å²) in [7, 11) is 0. The highest BCUT2D eigenvalue weighted by Crippen LogP contribution is 2.23. The van der Waals surface area contributed by atoms with E-state index in [-0.39, 0.29) is 24.3 Å². The Morgan fingerprint density at radius 2 is 2.26 bits per heavy atom. The summed E-state index contributed by atoms with van der Waals surface area (Å²) in [6.45, 7) is 4.11. The van der Waals surface area contributed by atoms with Crippen molar-refractivity contribution in [3.63, 3.8) is 0 Å². The summed E-state index contributed by atoms with van der Waals surface area (Å²) in [5, 5.41) is 6.78. The number of hydrogen-bond acceptors (Lipinski definition) is 7. The van der Waals surface area contributed by atoms with Gasteiger partial charge in [-0.15, -0.1) is 22.7 Å². The zero-order valence-electron chi connectivity index (χ0n) is 12.9. The first-order chi connectivity index (χ1) is 11.1. The lowest BCUT2D eigenvalue weighted by Crippen LogP contribution is -2.27. The lowest BCUT2D eigenvalue weighted by molar-refractivity contribution is -0.142. The fourth-order valence-corrected chi connectivity index (χ4v) is 4.21. The van der Waals surface area contributed by atoms with E-state index in [2.05, 4.69) is 10.3 Å². The van der Waals surface area contributed by atoms with Gasteiger partial charge in [0.1, 0.15) is 0 Å². The first-order valence-electron chi connectivity index (χ1n) is 7.14. The number of ether oxygens (including phenoxy) is 1. The standard InChI is InChI=1S/C15H18N2O3S3/c1-3-20-14(19)7-11-8-22-15(17-11)23-9-13(18)16-10(2)12-5-4-6-21-12/h4-6,8,10H,3,7,9H2,1-2H3,(H,16,18)/t10-/m0/s1. The number of rotatable bonds is 8. The molecule has 0 saturated carbocycles. The second kappa shape index (κ2) is 9.05. The number of esters is 1. The fraction of sp³-hybridized carbons (Fsp3) is 0.400. The van der Waals surface area contributed by atoms with Crippen LogP contribution >= 0.6 is 34.4 Å². The number of carbonyl (C=O) groups excluding carboxylic acids is 2. The van der Waals surface area contributed by atoms with Crippen LogP contribution in [0, 0.1) is 0 Å². The average Bonchev–Trinajstić information content (AvgIpc) is 3.17. The lowest BCUT2D eigenvalue weighted by Gasteiger charge is -2.11. The Labute approximate surface area is 147 Å². The Balaban J connectivity index is 1.76. The van der Waals surface area contributed by atoms with Crippen molar-refractivity contribution >= 4 is 46.3 Å². The molecule has 0 aliphatic heterocycles. The van der Waals surface area contributed by atoms with Gasteiger partial charge in [-0.1, -0.05) is 17.8 Å². The SMILES string of the molecule is CCOC(=O)Cc1csc(SCC(=O)N[C@@H](C)c2cccs2)n1. The van der Waals surface area contributed by atoms with E-state index < -0.39 is 0 Å². The molecule has 2 aromatic rings. The van der Waals surface area contributed by atoms with E-state index in [1.54, 1.807) is 18.3 Å². The fourth-order valence-electron chi connectivity index (χ4n) is 1.81. The van der Waals surface area contributed by atoms with Crippen molar-refractivity contribution < 1.29 is 14.3 Å². The Kier molecular flexibility index (Phi) is 7.07. The number of thioether (sulfide) groups is 1. The number of aromatic nitrogens is 1. The first kappa shape index (κ1) is 18.0. The quantitative estimate of drug-likeness (QED) is 0.570. The summed E-state index contributed by atoms with van der Waals surface area (Å²) < 4.78 is 5.67. The molecule has 5 nitrogen and oxygen atoms in total. The second-order valence-corrected chi connectivity index (χ2v) is 7.74. The predicted octanol–water partition coefficient (Wildman–Crippen LogP) is 3.28. The average molecular weight is 371 g/mol. The van der Waals surface area contributed by atoms with Gasteiger partial charge in [0.15, 0.2) is 4.34 Å². The molecule has 2 rings (SSSR count). The van der Waals surface area contributed by atoms with E-state index in [4.69, 9.17) is 4.74 Å². The Bertz CT molecular complexity index is 640. The molecule has 1 atom stereocenters. The highest BCUT2D eigenvalue weighted by molar-refractivity contribution is 8.01. The third kappa shape index (κ3) is 5.96. The number of thiophene rings is 1. The van der Waals surface area contributed by atoms with Crippen LogP contribution < -0.4 is 5.32 Å². The molecule has 23 heavy (non-hydrogen) atoms. The molecule has 0 saturated heterocycles. The monoisotopic (exact) mass is 370 g/mol. The zero-order valence-corrected chi connectivity index (χ0v) is 15.4. The molecule has 8 heteroatoms. The highest BCUT2D eigenvalue weighted by atomic mass is 32.2. The van der Waals surface area contributed by atoms with Gasteiger partial charge in [0.2, 0.25) is 5.91 Å². The Morgan fingerprint density at radius 3 is 2.96 bits per heavy atom. The summed E-state index contributed by atoms with van der Waals surface area (Å²) in [6.07, 6.45) is 0.173. The molecule has 0 aliphatic carbocycles. The van der Waals surface area contributed by atoms with Gasteiger partial charge in [-0.25, -0.2) is 4.98 Å². The second-order valence-electron chi connectivity index (χ2n) is 4.68. The molecule has 0 spiro atoms. The third-order valence-electron chi connectivity index (χ3n) is 2.84. The predicted molar refractivity (Wildman–Crippen MR) is 94.1 cm³/mol. The zero-order chi connectivity index (χ0) is 16.7. The molecule has 1 N–H and O–H groups in total. The minimum atomic E-state index is -0.281. The van der Waals surface area contributed by atoms with Crippen molar-refractivity contribution in [2.45, 2.75) is 30.6 Å². The smallest absolute Gasteiger partial charge is 0.311 e. The highest BCUT2D eigenvalue weighted by Gasteiger charge is 2.13. The summed E-state index contributed by atoms with van der Waals surface area (Å²) in [6, 6.07) is 3.99. The molecule has 0 unspecified atom stereocenters. The normalized spacial score (nSPS) is 11.9. The number of nitrogens with zero attached hydrogens (tertiary/aromatic N) is 1. The molecule has 0 aromatic carbocycles. The Morgan fingerprint density at radius 1 is 1.43 bits per heavy atom. The van der Waals surface area contributed by atoms with Gasteiger partial charge in [0.25, 0.3) is 0 Å². The summed E-state index contributed by atoms with van der Waals surface area (Å²) in [4.78, 5) is 28.8. The number of amides is 1. The van der Waals surface area contributed by atoms with E-state index in [1.165, 1.54) is 23.1 Å². The minimum Gasteiger partial charge on any atom is -0.466 e. The molecular formula is C15H18N2O3S3. The van der Waals surface area contributed by atoms with Crippen LogP contribution in [0.1, 0.15) is 30.5 Å². The van der Waals surface area contributed by atoms with E-state index in [9.17, 15) is 9.59 Å². The maximum Gasteiger partial charge on any atom is 0.311 e. The molecule has 2 aromatic heterocycles. The van der Waals surface area contributed by atoms with Crippen molar-refractivity contribution in [3.05, 3.63) is 33.5 Å². The van der Waals surface area contributed by atoms with Gasteiger partial charge in [0, 0.05) is 10.3 Å². The van der Waals surface area contributed by atoms with Gasteiger partial charge in [-0.3, -0.25) is 9.59 Å². The molecular weight excluding hydrogens is 352 g/mol.